The number of fused-ring (bicyclic) bond motifs is 1. The molecular weight excluding hydrogens is 598 g/mol. The molecule has 0 bridgehead atoms. The fourth-order valence-corrected chi connectivity index (χ4v) is 5.46. The Morgan fingerprint density at radius 2 is 1.79 bits per heavy atom. The van der Waals surface area contributed by atoms with E-state index < -0.39 is 22.9 Å². The average Bonchev–Trinajstić information content (AvgIpc) is 3.36. The number of hydrogen-bond donors (Lipinski definition) is 2. The highest BCUT2D eigenvalue weighted by atomic mass is 32.2. The number of hydrogen-bond acceptors (Lipinski definition) is 11. The Balaban J connectivity index is 0.000000541. The number of alkyl halides is 3. The van der Waals surface area contributed by atoms with Gasteiger partial charge in [-0.2, -0.15) is 18.2 Å². The summed E-state index contributed by atoms with van der Waals surface area (Å²) in [5.74, 6) is -0.281. The first-order valence-electron chi connectivity index (χ1n) is 13.2. The lowest BCUT2D eigenvalue weighted by molar-refractivity contribution is -0.192. The quantitative estimate of drug-likeness (QED) is 0.266. The molecular formula is C26H29F4N7O5S. The van der Waals surface area contributed by atoms with Crippen molar-refractivity contribution >= 4 is 40.0 Å². The third-order valence-electron chi connectivity index (χ3n) is 6.20. The summed E-state index contributed by atoms with van der Waals surface area (Å²) in [5.41, 5.74) is 1.34. The van der Waals surface area contributed by atoms with E-state index >= 15 is 0 Å². The number of aliphatic carboxylic acids is 1. The van der Waals surface area contributed by atoms with Gasteiger partial charge in [-0.25, -0.2) is 14.2 Å². The van der Waals surface area contributed by atoms with E-state index in [0.29, 0.717) is 73.3 Å². The summed E-state index contributed by atoms with van der Waals surface area (Å²) in [6.45, 7) is 6.37. The zero-order valence-corrected chi connectivity index (χ0v) is 23.8. The Labute approximate surface area is 246 Å². The van der Waals surface area contributed by atoms with Gasteiger partial charge in [0.15, 0.2) is 11.6 Å². The number of rotatable bonds is 9. The molecule has 2 N–H and O–H groups in total. The molecule has 0 amide bonds. The average molecular weight is 628 g/mol. The normalized spacial score (nSPS) is 16.3. The summed E-state index contributed by atoms with van der Waals surface area (Å²) in [7, 11) is -1.18. The number of benzene rings is 1. The number of ether oxygens (including phenoxy) is 2. The first kappa shape index (κ1) is 31.8. The van der Waals surface area contributed by atoms with Gasteiger partial charge in [0, 0.05) is 56.7 Å². The zero-order valence-electron chi connectivity index (χ0n) is 23.0. The molecule has 3 aromatic rings. The molecule has 5 rings (SSSR count). The number of piperazine rings is 1. The third-order valence-corrected chi connectivity index (χ3v) is 7.66. The van der Waals surface area contributed by atoms with Crippen molar-refractivity contribution in [3.63, 3.8) is 0 Å². The largest absolute Gasteiger partial charge is 0.490 e. The van der Waals surface area contributed by atoms with Gasteiger partial charge in [0.2, 0.25) is 11.8 Å². The van der Waals surface area contributed by atoms with Gasteiger partial charge < -0.3 is 29.7 Å². The Hall–Kier alpha value is -4.12. The molecule has 17 heteroatoms. The Morgan fingerprint density at radius 1 is 1.07 bits per heavy atom. The molecule has 2 aromatic heterocycles. The smallest absolute Gasteiger partial charge is 0.475 e. The van der Waals surface area contributed by atoms with E-state index in [-0.39, 0.29) is 5.82 Å². The number of halogens is 4. The maximum absolute atomic E-state index is 13.7. The van der Waals surface area contributed by atoms with Crippen LogP contribution in [0.3, 0.4) is 0 Å². The van der Waals surface area contributed by atoms with E-state index in [4.69, 9.17) is 29.3 Å². The lowest BCUT2D eigenvalue weighted by Gasteiger charge is -2.35. The molecule has 4 heterocycles. The summed E-state index contributed by atoms with van der Waals surface area (Å²) >= 11 is 0. The van der Waals surface area contributed by atoms with Crippen LogP contribution in [0.25, 0.3) is 0 Å². The Bertz CT molecular complexity index is 1420. The fourth-order valence-electron chi connectivity index (χ4n) is 4.16. The van der Waals surface area contributed by atoms with Gasteiger partial charge in [0.05, 0.1) is 23.1 Å². The maximum atomic E-state index is 13.7. The molecule has 2 aliphatic heterocycles. The highest BCUT2D eigenvalue weighted by Crippen LogP contribution is 2.32. The fraction of sp³-hybridized carbons (Fsp3) is 0.423. The van der Waals surface area contributed by atoms with Gasteiger partial charge in [-0.15, -0.1) is 10.2 Å². The monoisotopic (exact) mass is 627 g/mol. The van der Waals surface area contributed by atoms with Gasteiger partial charge in [-0.05, 0) is 31.2 Å². The van der Waals surface area contributed by atoms with Crippen LogP contribution in [0.5, 0.6) is 5.88 Å². The van der Waals surface area contributed by atoms with Gasteiger partial charge in [-0.3, -0.25) is 4.21 Å². The molecule has 0 aliphatic carbocycles. The molecule has 2 aliphatic rings. The Kier molecular flexibility index (Phi) is 10.6. The number of carbonyl (C=O) groups is 1. The predicted molar refractivity (Wildman–Crippen MR) is 149 cm³/mol. The highest BCUT2D eigenvalue weighted by Gasteiger charge is 2.38. The lowest BCUT2D eigenvalue weighted by atomic mass is 10.2. The van der Waals surface area contributed by atoms with E-state index in [1.165, 1.54) is 12.1 Å². The first-order chi connectivity index (χ1) is 20.5. The third kappa shape index (κ3) is 8.70. The summed E-state index contributed by atoms with van der Waals surface area (Å²) in [6.07, 6.45) is -4.45. The van der Waals surface area contributed by atoms with Gasteiger partial charge in [-0.1, -0.05) is 6.07 Å². The number of nitrogens with zero attached hydrogens (tertiary/aromatic N) is 6. The van der Waals surface area contributed by atoms with Crippen LogP contribution in [0.2, 0.25) is 0 Å². The van der Waals surface area contributed by atoms with Crippen molar-refractivity contribution in [2.75, 3.05) is 66.9 Å². The molecule has 1 aromatic carbocycles. The zero-order chi connectivity index (χ0) is 31.0. The van der Waals surface area contributed by atoms with Gasteiger partial charge >= 0.3 is 12.1 Å². The molecule has 1 saturated heterocycles. The van der Waals surface area contributed by atoms with Gasteiger partial charge in [0.25, 0.3) is 0 Å². The number of anilines is 4. The minimum Gasteiger partial charge on any atom is -0.475 e. The van der Waals surface area contributed by atoms with E-state index in [0.717, 1.165) is 24.6 Å². The Morgan fingerprint density at radius 3 is 2.42 bits per heavy atom. The molecule has 1 atom stereocenters. The molecule has 0 saturated carbocycles. The van der Waals surface area contributed by atoms with Crippen molar-refractivity contribution in [2.45, 2.75) is 24.4 Å². The lowest BCUT2D eigenvalue weighted by Crippen LogP contribution is -2.47. The van der Waals surface area contributed by atoms with Crippen molar-refractivity contribution in [1.82, 2.24) is 20.2 Å². The van der Waals surface area contributed by atoms with E-state index in [9.17, 15) is 21.8 Å². The van der Waals surface area contributed by atoms with Crippen molar-refractivity contribution in [1.29, 1.82) is 0 Å². The van der Waals surface area contributed by atoms with E-state index in [1.54, 1.807) is 12.1 Å². The van der Waals surface area contributed by atoms with E-state index in [2.05, 4.69) is 25.3 Å². The molecule has 1 unspecified atom stereocenters. The van der Waals surface area contributed by atoms with Crippen molar-refractivity contribution in [3.05, 3.63) is 47.9 Å². The van der Waals surface area contributed by atoms with Crippen LogP contribution >= 0.6 is 0 Å². The molecule has 12 nitrogen and oxygen atoms in total. The summed E-state index contributed by atoms with van der Waals surface area (Å²) < 4.78 is 68.9. The summed E-state index contributed by atoms with van der Waals surface area (Å²) in [5, 5.41) is 18.8. The molecule has 1 fully saturated rings. The number of nitrogens with one attached hydrogen (secondary N) is 1. The SMILES string of the molecule is CCOCCOc1ccc(N2CCN(c3nc4c(c(Nc5cccc(F)c5)n3)S(=O)CC4)CC2)nn1.O=C(O)C(F)(F)F. The molecule has 0 spiro atoms. The minimum absolute atomic E-state index is 0.351. The second-order valence-corrected chi connectivity index (χ2v) is 10.6. The van der Waals surface area contributed by atoms with Crippen molar-refractivity contribution < 1.29 is 41.1 Å². The molecule has 0 radical (unpaired) electrons. The highest BCUT2D eigenvalue weighted by molar-refractivity contribution is 7.85. The second-order valence-electron chi connectivity index (χ2n) is 9.14. The number of aromatic nitrogens is 4. The number of carboxylic acid groups (broad SMARTS) is 1. The molecule has 43 heavy (non-hydrogen) atoms. The topological polar surface area (TPSA) is 143 Å². The number of carboxylic acids is 1. The van der Waals surface area contributed by atoms with E-state index in [1.807, 2.05) is 19.1 Å². The van der Waals surface area contributed by atoms with Gasteiger partial charge in [0.1, 0.15) is 17.3 Å². The number of aryl methyl sites for hydroxylation is 1. The van der Waals surface area contributed by atoms with Crippen LogP contribution < -0.4 is 19.9 Å². The van der Waals surface area contributed by atoms with Crippen LogP contribution in [0, 0.1) is 5.82 Å². The minimum atomic E-state index is -5.08. The predicted octanol–water partition coefficient (Wildman–Crippen LogP) is 3.19. The van der Waals surface area contributed by atoms with Crippen LogP contribution in [0.15, 0.2) is 41.3 Å². The van der Waals surface area contributed by atoms with Crippen LogP contribution in [-0.4, -0.2) is 93.4 Å². The van der Waals surface area contributed by atoms with Crippen molar-refractivity contribution in [2.24, 2.45) is 0 Å². The molecule has 232 valence electrons. The van der Waals surface area contributed by atoms with Crippen LogP contribution in [0.4, 0.5) is 40.8 Å². The van der Waals surface area contributed by atoms with Crippen LogP contribution in [-0.2, 0) is 26.8 Å². The van der Waals surface area contributed by atoms with Crippen LogP contribution in [0.1, 0.15) is 12.6 Å². The first-order valence-corrected chi connectivity index (χ1v) is 14.5. The maximum Gasteiger partial charge on any atom is 0.490 e. The summed E-state index contributed by atoms with van der Waals surface area (Å²) in [6, 6.07) is 9.87. The standard InChI is InChI=1S/C24H28FN7O3S.C2HF3O2/c1-2-34-13-14-35-21-7-6-20(29-30-21)31-9-11-32(12-10-31)24-27-19-8-15-36(33)22(19)23(28-24)26-18-5-3-4-17(25)16-18;3-2(4,5)1(6)7/h3-7,16H,2,8-15H2,1H3,(H,26,27,28);(H,6,7). The van der Waals surface area contributed by atoms with Crippen molar-refractivity contribution in [3.8, 4) is 5.88 Å². The summed E-state index contributed by atoms with van der Waals surface area (Å²) in [4.78, 5) is 23.2. The second kappa shape index (κ2) is 14.4.